The fourth-order valence-corrected chi connectivity index (χ4v) is 2.96. The van der Waals surface area contributed by atoms with Crippen LogP contribution in [0.4, 0.5) is 0 Å². The number of aliphatic carboxylic acids is 1. The van der Waals surface area contributed by atoms with E-state index in [-0.39, 0.29) is 23.6 Å². The van der Waals surface area contributed by atoms with Crippen LogP contribution in [0.15, 0.2) is 35.2 Å². The van der Waals surface area contributed by atoms with Gasteiger partial charge in [0.25, 0.3) is 0 Å². The molecule has 3 N–H and O–H groups in total. The minimum Gasteiger partial charge on any atom is -0.480 e. The van der Waals surface area contributed by atoms with Gasteiger partial charge in [-0.2, -0.15) is 4.72 Å². The lowest BCUT2D eigenvalue weighted by molar-refractivity contribution is -0.139. The predicted octanol–water partition coefficient (Wildman–Crippen LogP) is 0.724. The number of sulfonamides is 1. The van der Waals surface area contributed by atoms with Crippen molar-refractivity contribution in [3.05, 3.63) is 30.3 Å². The first kappa shape index (κ1) is 18.1. The molecule has 1 rings (SSSR count). The summed E-state index contributed by atoms with van der Waals surface area (Å²) in [7, 11) is -3.93. The van der Waals surface area contributed by atoms with Gasteiger partial charge in [0, 0.05) is 13.0 Å². The molecule has 1 amide bonds. The van der Waals surface area contributed by atoms with E-state index in [0.717, 1.165) is 6.42 Å². The van der Waals surface area contributed by atoms with Crippen molar-refractivity contribution in [3.63, 3.8) is 0 Å². The highest BCUT2D eigenvalue weighted by Crippen LogP contribution is 2.10. The Bertz CT molecular complexity index is 601. The summed E-state index contributed by atoms with van der Waals surface area (Å²) in [5.41, 5.74) is 0. The fourth-order valence-electron chi connectivity index (χ4n) is 1.72. The number of rotatable bonds is 9. The maximum Gasteiger partial charge on any atom is 0.321 e. The molecule has 1 aromatic rings. The molecule has 0 fully saturated rings. The van der Waals surface area contributed by atoms with Gasteiger partial charge in [-0.15, -0.1) is 0 Å². The first-order chi connectivity index (χ1) is 10.4. The van der Waals surface area contributed by atoms with Crippen LogP contribution in [0.5, 0.6) is 0 Å². The molecule has 0 aliphatic rings. The molecule has 0 saturated heterocycles. The van der Waals surface area contributed by atoms with Crippen molar-refractivity contribution in [1.29, 1.82) is 0 Å². The predicted molar refractivity (Wildman–Crippen MR) is 80.7 cm³/mol. The molecule has 122 valence electrons. The molecule has 1 atom stereocenters. The maximum absolute atomic E-state index is 12.1. The van der Waals surface area contributed by atoms with Crippen molar-refractivity contribution in [1.82, 2.24) is 10.0 Å². The lowest BCUT2D eigenvalue weighted by Crippen LogP contribution is -2.41. The van der Waals surface area contributed by atoms with Crippen molar-refractivity contribution in [2.45, 2.75) is 37.1 Å². The van der Waals surface area contributed by atoms with E-state index in [0.29, 0.717) is 6.54 Å². The summed E-state index contributed by atoms with van der Waals surface area (Å²) in [5.74, 6) is -1.62. The highest BCUT2D eigenvalue weighted by Gasteiger charge is 2.25. The summed E-state index contributed by atoms with van der Waals surface area (Å²) in [6.07, 6.45) is 0.597. The van der Waals surface area contributed by atoms with E-state index < -0.39 is 22.0 Å². The first-order valence-corrected chi connectivity index (χ1v) is 8.42. The SMILES string of the molecule is CCCNC(=O)CC[C@H](NS(=O)(=O)c1ccccc1)C(=O)O. The number of benzene rings is 1. The summed E-state index contributed by atoms with van der Waals surface area (Å²) < 4.78 is 26.3. The highest BCUT2D eigenvalue weighted by molar-refractivity contribution is 7.89. The topological polar surface area (TPSA) is 113 Å². The summed E-state index contributed by atoms with van der Waals surface area (Å²) in [6, 6.07) is 6.14. The van der Waals surface area contributed by atoms with Crippen LogP contribution in [0.25, 0.3) is 0 Å². The van der Waals surface area contributed by atoms with Crippen molar-refractivity contribution in [3.8, 4) is 0 Å². The van der Waals surface area contributed by atoms with Crippen LogP contribution in [0.3, 0.4) is 0 Å². The van der Waals surface area contributed by atoms with Gasteiger partial charge in [0.1, 0.15) is 6.04 Å². The van der Waals surface area contributed by atoms with E-state index in [1.807, 2.05) is 6.92 Å². The number of carboxylic acids is 1. The van der Waals surface area contributed by atoms with Gasteiger partial charge in [-0.25, -0.2) is 8.42 Å². The van der Waals surface area contributed by atoms with Gasteiger partial charge in [0.15, 0.2) is 0 Å². The Balaban J connectivity index is 2.69. The van der Waals surface area contributed by atoms with Crippen LogP contribution in [0, 0.1) is 0 Å². The van der Waals surface area contributed by atoms with Crippen LogP contribution in [-0.4, -0.2) is 38.0 Å². The molecule has 0 bridgehead atoms. The van der Waals surface area contributed by atoms with Crippen molar-refractivity contribution < 1.29 is 23.1 Å². The lowest BCUT2D eigenvalue weighted by atomic mass is 10.1. The number of amides is 1. The smallest absolute Gasteiger partial charge is 0.321 e. The number of carbonyl (C=O) groups is 2. The molecule has 0 unspecified atom stereocenters. The first-order valence-electron chi connectivity index (χ1n) is 6.93. The van der Waals surface area contributed by atoms with Gasteiger partial charge < -0.3 is 10.4 Å². The molecule has 0 aliphatic heterocycles. The zero-order valence-corrected chi connectivity index (χ0v) is 13.1. The minimum absolute atomic E-state index is 0.0170. The third-order valence-corrected chi connectivity index (χ3v) is 4.37. The summed E-state index contributed by atoms with van der Waals surface area (Å²) >= 11 is 0. The molecule has 0 saturated carbocycles. The second-order valence-corrected chi connectivity index (χ2v) is 6.43. The molecule has 1 aromatic carbocycles. The fraction of sp³-hybridized carbons (Fsp3) is 0.429. The third-order valence-electron chi connectivity index (χ3n) is 2.88. The van der Waals surface area contributed by atoms with E-state index >= 15 is 0 Å². The third kappa shape index (κ3) is 5.82. The van der Waals surface area contributed by atoms with Crippen LogP contribution < -0.4 is 10.0 Å². The Labute approximate surface area is 129 Å². The Kier molecular flexibility index (Phi) is 7.00. The number of hydrogen-bond acceptors (Lipinski definition) is 4. The van der Waals surface area contributed by atoms with Crippen molar-refractivity contribution >= 4 is 21.9 Å². The second-order valence-electron chi connectivity index (χ2n) is 4.71. The van der Waals surface area contributed by atoms with Crippen molar-refractivity contribution in [2.24, 2.45) is 0 Å². The Morgan fingerprint density at radius 1 is 1.23 bits per heavy atom. The van der Waals surface area contributed by atoms with Crippen LogP contribution in [0.1, 0.15) is 26.2 Å². The number of hydrogen-bond donors (Lipinski definition) is 3. The molecular formula is C14H20N2O5S. The van der Waals surface area contributed by atoms with E-state index in [9.17, 15) is 18.0 Å². The van der Waals surface area contributed by atoms with E-state index in [1.54, 1.807) is 18.2 Å². The standard InChI is InChI=1S/C14H20N2O5S/c1-2-10-15-13(17)9-8-12(14(18)19)16-22(20,21)11-6-4-3-5-7-11/h3-7,12,16H,2,8-10H2,1H3,(H,15,17)(H,18,19)/t12-/m0/s1. The van der Waals surface area contributed by atoms with Gasteiger partial charge in [-0.05, 0) is 25.0 Å². The van der Waals surface area contributed by atoms with Gasteiger partial charge in [0.05, 0.1) is 4.90 Å². The van der Waals surface area contributed by atoms with E-state index in [4.69, 9.17) is 5.11 Å². The monoisotopic (exact) mass is 328 g/mol. The second kappa shape index (κ2) is 8.50. The Hall–Kier alpha value is -1.93. The molecule has 22 heavy (non-hydrogen) atoms. The average molecular weight is 328 g/mol. The van der Waals surface area contributed by atoms with Gasteiger partial charge in [-0.1, -0.05) is 25.1 Å². The molecule has 0 spiro atoms. The summed E-state index contributed by atoms with van der Waals surface area (Å²) in [5, 5.41) is 11.7. The molecule has 8 heteroatoms. The molecule has 7 nitrogen and oxygen atoms in total. The van der Waals surface area contributed by atoms with E-state index in [2.05, 4.69) is 10.0 Å². The van der Waals surface area contributed by atoms with Crippen molar-refractivity contribution in [2.75, 3.05) is 6.54 Å². The molecule has 0 aromatic heterocycles. The molecule has 0 aliphatic carbocycles. The Morgan fingerprint density at radius 3 is 2.41 bits per heavy atom. The average Bonchev–Trinajstić information content (AvgIpc) is 2.49. The normalized spacial score (nSPS) is 12.6. The number of carboxylic acid groups (broad SMARTS) is 1. The summed E-state index contributed by atoms with van der Waals surface area (Å²) in [6.45, 7) is 2.40. The lowest BCUT2D eigenvalue weighted by Gasteiger charge is -2.14. The number of carbonyl (C=O) groups excluding carboxylic acids is 1. The largest absolute Gasteiger partial charge is 0.480 e. The zero-order chi connectivity index (χ0) is 16.6. The quantitative estimate of drug-likeness (QED) is 0.618. The molecule has 0 radical (unpaired) electrons. The Morgan fingerprint density at radius 2 is 1.86 bits per heavy atom. The minimum atomic E-state index is -3.93. The van der Waals surface area contributed by atoms with Gasteiger partial charge in [0.2, 0.25) is 15.9 Å². The molecular weight excluding hydrogens is 308 g/mol. The molecule has 0 heterocycles. The van der Waals surface area contributed by atoms with Crippen LogP contribution in [0.2, 0.25) is 0 Å². The zero-order valence-electron chi connectivity index (χ0n) is 12.3. The van der Waals surface area contributed by atoms with Gasteiger partial charge >= 0.3 is 5.97 Å². The van der Waals surface area contributed by atoms with Gasteiger partial charge in [-0.3, -0.25) is 9.59 Å². The van der Waals surface area contributed by atoms with E-state index in [1.165, 1.54) is 12.1 Å². The highest BCUT2D eigenvalue weighted by atomic mass is 32.2. The van der Waals surface area contributed by atoms with Crippen LogP contribution in [-0.2, 0) is 19.6 Å². The van der Waals surface area contributed by atoms with Crippen LogP contribution >= 0.6 is 0 Å². The maximum atomic E-state index is 12.1. The summed E-state index contributed by atoms with van der Waals surface area (Å²) in [4.78, 5) is 22.6. The number of nitrogens with one attached hydrogen (secondary N) is 2.